The number of esters is 1. The summed E-state index contributed by atoms with van der Waals surface area (Å²) in [6.07, 6.45) is 1.32. The van der Waals surface area contributed by atoms with Gasteiger partial charge in [0.1, 0.15) is 12.3 Å². The summed E-state index contributed by atoms with van der Waals surface area (Å²) in [7, 11) is 3.19. The lowest BCUT2D eigenvalue weighted by atomic mass is 9.87. The molecule has 0 amide bonds. The summed E-state index contributed by atoms with van der Waals surface area (Å²) in [5.74, 6) is 0.785. The fourth-order valence-corrected chi connectivity index (χ4v) is 5.35. The van der Waals surface area contributed by atoms with Crippen LogP contribution in [0.25, 0.3) is 0 Å². The van der Waals surface area contributed by atoms with Gasteiger partial charge in [-0.25, -0.2) is 4.79 Å². The van der Waals surface area contributed by atoms with Gasteiger partial charge in [0.25, 0.3) is 0 Å². The number of aryl methyl sites for hydroxylation is 1. The molecule has 1 aliphatic rings. The summed E-state index contributed by atoms with van der Waals surface area (Å²) in [4.78, 5) is 28.2. The Morgan fingerprint density at radius 3 is 2.26 bits per heavy atom. The molecule has 0 aliphatic carbocycles. The molecule has 0 N–H and O–H groups in total. The second-order valence-corrected chi connectivity index (χ2v) is 9.76. The molecule has 1 aliphatic heterocycles. The predicted molar refractivity (Wildman–Crippen MR) is 151 cm³/mol. The van der Waals surface area contributed by atoms with E-state index < -0.39 is 17.6 Å². The van der Waals surface area contributed by atoms with Gasteiger partial charge in [-0.05, 0) is 54.4 Å². The molecule has 0 bridgehead atoms. The standard InChI is InChI=1S/C33H31NO5/c1-23-14-16-28-27(18-23)33(39-32(36)26-12-8-5-9-13-26,20-24-15-17-30(37-2)31(19-24)38-3)22-34(28)29(21-35)25-10-6-4-7-11-25/h4-19,21,29H,20,22H2,1-3H3. The minimum absolute atomic E-state index is 0.303. The van der Waals surface area contributed by atoms with E-state index in [1.165, 1.54) is 0 Å². The predicted octanol–water partition coefficient (Wildman–Crippen LogP) is 6.07. The number of carbonyl (C=O) groups excluding carboxylic acids is 2. The van der Waals surface area contributed by atoms with Crippen molar-refractivity contribution in [3.63, 3.8) is 0 Å². The van der Waals surface area contributed by atoms with Crippen LogP contribution in [0, 0.1) is 6.92 Å². The van der Waals surface area contributed by atoms with Gasteiger partial charge in [-0.2, -0.15) is 0 Å². The van der Waals surface area contributed by atoms with Crippen LogP contribution in [0.3, 0.4) is 0 Å². The molecular formula is C33H31NO5. The van der Waals surface area contributed by atoms with Crippen molar-refractivity contribution in [2.45, 2.75) is 25.0 Å². The van der Waals surface area contributed by atoms with Crippen molar-refractivity contribution in [2.75, 3.05) is 25.7 Å². The maximum Gasteiger partial charge on any atom is 0.339 e. The molecular weight excluding hydrogens is 490 g/mol. The third-order valence-electron chi connectivity index (χ3n) is 7.22. The van der Waals surface area contributed by atoms with Crippen molar-refractivity contribution in [2.24, 2.45) is 0 Å². The number of carbonyl (C=O) groups is 2. The molecule has 0 spiro atoms. The lowest BCUT2D eigenvalue weighted by Crippen LogP contribution is -2.41. The zero-order valence-electron chi connectivity index (χ0n) is 22.3. The van der Waals surface area contributed by atoms with E-state index in [1.54, 1.807) is 26.4 Å². The molecule has 2 atom stereocenters. The first-order chi connectivity index (χ1) is 19.0. The lowest BCUT2D eigenvalue weighted by Gasteiger charge is -2.33. The van der Waals surface area contributed by atoms with Gasteiger partial charge in [-0.1, -0.05) is 66.2 Å². The number of ether oxygens (including phenoxy) is 3. The van der Waals surface area contributed by atoms with Crippen molar-refractivity contribution in [3.05, 3.63) is 125 Å². The van der Waals surface area contributed by atoms with E-state index >= 15 is 0 Å². The van der Waals surface area contributed by atoms with Crippen LogP contribution in [-0.4, -0.2) is 33.0 Å². The molecule has 2 unspecified atom stereocenters. The third-order valence-corrected chi connectivity index (χ3v) is 7.22. The molecule has 0 fully saturated rings. The quantitative estimate of drug-likeness (QED) is 0.197. The summed E-state index contributed by atoms with van der Waals surface area (Å²) >= 11 is 0. The van der Waals surface area contributed by atoms with E-state index in [9.17, 15) is 9.59 Å². The topological polar surface area (TPSA) is 65.1 Å². The van der Waals surface area contributed by atoms with Crippen molar-refractivity contribution in [1.29, 1.82) is 0 Å². The Balaban J connectivity index is 1.64. The van der Waals surface area contributed by atoms with Crippen LogP contribution in [0.15, 0.2) is 97.1 Å². The van der Waals surface area contributed by atoms with Gasteiger partial charge in [0.2, 0.25) is 0 Å². The van der Waals surface area contributed by atoms with E-state index in [0.29, 0.717) is 30.0 Å². The van der Waals surface area contributed by atoms with Gasteiger partial charge in [-0.15, -0.1) is 0 Å². The highest BCUT2D eigenvalue weighted by Gasteiger charge is 2.48. The molecule has 0 radical (unpaired) electrons. The Hall–Kier alpha value is -4.58. The second kappa shape index (κ2) is 11.0. The van der Waals surface area contributed by atoms with Crippen molar-refractivity contribution in [3.8, 4) is 11.5 Å². The molecule has 0 aromatic heterocycles. The van der Waals surface area contributed by atoms with Gasteiger partial charge in [0.05, 0.1) is 26.3 Å². The van der Waals surface area contributed by atoms with Crippen molar-refractivity contribution < 1.29 is 23.8 Å². The summed E-state index contributed by atoms with van der Waals surface area (Å²) in [5.41, 5.74) is 3.94. The maximum absolute atomic E-state index is 13.6. The molecule has 6 nitrogen and oxygen atoms in total. The number of rotatable bonds is 9. The number of aldehydes is 1. The Labute approximate surface area is 228 Å². The number of anilines is 1. The average Bonchev–Trinajstić information content (AvgIpc) is 3.26. The highest BCUT2D eigenvalue weighted by Crippen LogP contribution is 2.48. The fraction of sp³-hybridized carbons (Fsp3) is 0.212. The molecule has 1 heterocycles. The van der Waals surface area contributed by atoms with E-state index in [0.717, 1.165) is 34.2 Å². The summed E-state index contributed by atoms with van der Waals surface area (Å²) in [6.45, 7) is 2.31. The Morgan fingerprint density at radius 1 is 0.897 bits per heavy atom. The molecule has 0 saturated heterocycles. The molecule has 4 aromatic carbocycles. The molecule has 0 saturated carbocycles. The van der Waals surface area contributed by atoms with Crippen LogP contribution in [-0.2, 0) is 21.6 Å². The SMILES string of the molecule is COc1ccc(CC2(OC(=O)c3ccccc3)CN(C(C=O)c3ccccc3)c3ccc(C)cc32)cc1OC. The van der Waals surface area contributed by atoms with Gasteiger partial charge < -0.3 is 23.9 Å². The lowest BCUT2D eigenvalue weighted by molar-refractivity contribution is -0.109. The minimum atomic E-state index is -1.07. The van der Waals surface area contributed by atoms with E-state index in [1.807, 2.05) is 90.7 Å². The first kappa shape index (κ1) is 26.0. The molecule has 5 rings (SSSR count). The van der Waals surface area contributed by atoms with Crippen LogP contribution in [0.5, 0.6) is 11.5 Å². The first-order valence-corrected chi connectivity index (χ1v) is 12.9. The normalized spacial score (nSPS) is 16.7. The zero-order chi connectivity index (χ0) is 27.4. The Morgan fingerprint density at radius 2 is 1.59 bits per heavy atom. The molecule has 6 heteroatoms. The largest absolute Gasteiger partial charge is 0.493 e. The maximum atomic E-state index is 13.6. The van der Waals surface area contributed by atoms with Crippen LogP contribution in [0.2, 0.25) is 0 Å². The summed E-state index contributed by atoms with van der Waals surface area (Å²) < 4.78 is 17.5. The summed E-state index contributed by atoms with van der Waals surface area (Å²) in [5, 5.41) is 0. The molecule has 4 aromatic rings. The Bertz CT molecular complexity index is 1470. The van der Waals surface area contributed by atoms with E-state index in [2.05, 4.69) is 6.07 Å². The number of nitrogens with zero attached hydrogens (tertiary/aromatic N) is 1. The van der Waals surface area contributed by atoms with Gasteiger partial charge in [0.15, 0.2) is 17.1 Å². The van der Waals surface area contributed by atoms with Gasteiger partial charge in [0, 0.05) is 17.7 Å². The average molecular weight is 522 g/mol. The smallest absolute Gasteiger partial charge is 0.339 e. The highest BCUT2D eigenvalue weighted by molar-refractivity contribution is 5.90. The van der Waals surface area contributed by atoms with Gasteiger partial charge >= 0.3 is 5.97 Å². The highest BCUT2D eigenvalue weighted by atomic mass is 16.6. The number of hydrogen-bond donors (Lipinski definition) is 0. The van der Waals surface area contributed by atoms with Crippen LogP contribution < -0.4 is 14.4 Å². The van der Waals surface area contributed by atoms with E-state index in [4.69, 9.17) is 14.2 Å². The van der Waals surface area contributed by atoms with Crippen LogP contribution in [0.4, 0.5) is 5.69 Å². The molecule has 198 valence electrons. The number of hydrogen-bond acceptors (Lipinski definition) is 6. The Kier molecular flexibility index (Phi) is 7.37. The number of fused-ring (bicyclic) bond motifs is 1. The zero-order valence-corrected chi connectivity index (χ0v) is 22.3. The summed E-state index contributed by atoms with van der Waals surface area (Å²) in [6, 6.07) is 29.9. The second-order valence-electron chi connectivity index (χ2n) is 9.76. The van der Waals surface area contributed by atoms with Gasteiger partial charge in [-0.3, -0.25) is 0 Å². The number of benzene rings is 4. The van der Waals surface area contributed by atoms with Crippen LogP contribution in [0.1, 0.15) is 38.7 Å². The third kappa shape index (κ3) is 5.10. The van der Waals surface area contributed by atoms with Crippen molar-refractivity contribution in [1.82, 2.24) is 0 Å². The van der Waals surface area contributed by atoms with Crippen molar-refractivity contribution >= 4 is 17.9 Å². The first-order valence-electron chi connectivity index (χ1n) is 12.9. The minimum Gasteiger partial charge on any atom is -0.493 e. The number of methoxy groups -OCH3 is 2. The van der Waals surface area contributed by atoms with Crippen LogP contribution >= 0.6 is 0 Å². The fourth-order valence-electron chi connectivity index (χ4n) is 5.35. The van der Waals surface area contributed by atoms with E-state index in [-0.39, 0.29) is 0 Å². The molecule has 39 heavy (non-hydrogen) atoms. The monoisotopic (exact) mass is 521 g/mol.